The van der Waals surface area contributed by atoms with Crippen molar-refractivity contribution in [3.05, 3.63) is 35.4 Å². The smallest absolute Gasteiger partial charge is 0.325 e. The van der Waals surface area contributed by atoms with Crippen LogP contribution in [0.15, 0.2) is 24.3 Å². The quantitative estimate of drug-likeness (QED) is 0.777. The van der Waals surface area contributed by atoms with Gasteiger partial charge in [-0.15, -0.1) is 0 Å². The van der Waals surface area contributed by atoms with Crippen molar-refractivity contribution in [3.8, 4) is 0 Å². The molecule has 0 saturated heterocycles. The predicted octanol–water partition coefficient (Wildman–Crippen LogP) is 2.01. The Morgan fingerprint density at radius 3 is 2.47 bits per heavy atom. The molecule has 19 heavy (non-hydrogen) atoms. The molecule has 0 aromatic heterocycles. The van der Waals surface area contributed by atoms with Gasteiger partial charge in [0.25, 0.3) is 0 Å². The highest BCUT2D eigenvalue weighted by Gasteiger charge is 2.27. The highest BCUT2D eigenvalue weighted by molar-refractivity contribution is 5.76. The molecule has 0 aliphatic heterocycles. The van der Waals surface area contributed by atoms with E-state index in [4.69, 9.17) is 0 Å². The molecule has 1 unspecified atom stereocenters. The van der Waals surface area contributed by atoms with Gasteiger partial charge in [-0.3, -0.25) is 10.1 Å². The molecule has 3 N–H and O–H groups in total. The molecule has 2 rings (SSSR count). The Bertz CT molecular complexity index is 439. The van der Waals surface area contributed by atoms with Crippen LogP contribution in [0.2, 0.25) is 0 Å². The number of carbonyl (C=O) groups is 1. The number of rotatable bonds is 4. The average molecular weight is 263 g/mol. The highest BCUT2D eigenvalue weighted by Crippen LogP contribution is 2.23. The largest absolute Gasteiger partial charge is 0.480 e. The number of carboxylic acid groups (broad SMARTS) is 1. The molecular weight excluding hydrogens is 242 g/mol. The summed E-state index contributed by atoms with van der Waals surface area (Å²) >= 11 is 0. The van der Waals surface area contributed by atoms with Crippen LogP contribution in [0.25, 0.3) is 0 Å². The molecule has 0 spiro atoms. The number of aliphatic carboxylic acids is 1. The van der Waals surface area contributed by atoms with Gasteiger partial charge in [0.2, 0.25) is 0 Å². The number of nitrogens with one attached hydrogen (secondary N) is 1. The minimum Gasteiger partial charge on any atom is -0.480 e. The number of hydrogen-bond acceptors (Lipinski definition) is 3. The Kier molecular flexibility index (Phi) is 4.56. The number of benzene rings is 1. The number of carboxylic acids is 1. The Hall–Kier alpha value is -1.39. The Morgan fingerprint density at radius 1 is 1.26 bits per heavy atom. The fraction of sp³-hybridized carbons (Fsp3) is 0.533. The van der Waals surface area contributed by atoms with Crippen LogP contribution < -0.4 is 5.32 Å². The van der Waals surface area contributed by atoms with Gasteiger partial charge in [-0.1, -0.05) is 24.3 Å². The van der Waals surface area contributed by atoms with Crippen LogP contribution in [0.4, 0.5) is 0 Å². The molecule has 0 amide bonds. The van der Waals surface area contributed by atoms with Crippen LogP contribution in [0, 0.1) is 6.92 Å². The molecule has 1 atom stereocenters. The van der Waals surface area contributed by atoms with Crippen LogP contribution in [-0.2, 0) is 4.79 Å². The summed E-state index contributed by atoms with van der Waals surface area (Å²) in [5, 5.41) is 22.1. The number of aliphatic hydroxyl groups excluding tert-OH is 1. The molecule has 0 bridgehead atoms. The fourth-order valence-corrected chi connectivity index (χ4v) is 2.68. The van der Waals surface area contributed by atoms with Crippen LogP contribution >= 0.6 is 0 Å². The van der Waals surface area contributed by atoms with E-state index in [1.165, 1.54) is 0 Å². The number of aliphatic hydroxyl groups is 1. The minimum absolute atomic E-state index is 0.170. The Balaban J connectivity index is 2.09. The third-order valence-electron chi connectivity index (χ3n) is 3.85. The van der Waals surface area contributed by atoms with Gasteiger partial charge in [0.1, 0.15) is 6.04 Å². The van der Waals surface area contributed by atoms with Crippen LogP contribution in [0.5, 0.6) is 0 Å². The minimum atomic E-state index is -0.847. The van der Waals surface area contributed by atoms with Crippen LogP contribution in [0.3, 0.4) is 0 Å². The van der Waals surface area contributed by atoms with Crippen LogP contribution in [0.1, 0.15) is 42.9 Å². The third-order valence-corrected chi connectivity index (χ3v) is 3.85. The van der Waals surface area contributed by atoms with Crippen molar-refractivity contribution in [1.29, 1.82) is 0 Å². The lowest BCUT2D eigenvalue weighted by Gasteiger charge is -2.29. The Labute approximate surface area is 113 Å². The van der Waals surface area contributed by atoms with E-state index >= 15 is 0 Å². The third kappa shape index (κ3) is 3.55. The number of aryl methyl sites for hydroxylation is 1. The monoisotopic (exact) mass is 263 g/mol. The van der Waals surface area contributed by atoms with Crippen molar-refractivity contribution in [2.75, 3.05) is 0 Å². The van der Waals surface area contributed by atoms with E-state index in [0.717, 1.165) is 36.8 Å². The van der Waals surface area contributed by atoms with E-state index in [2.05, 4.69) is 5.32 Å². The lowest BCUT2D eigenvalue weighted by molar-refractivity contribution is -0.140. The summed E-state index contributed by atoms with van der Waals surface area (Å²) in [5.74, 6) is -0.847. The van der Waals surface area contributed by atoms with Crippen molar-refractivity contribution in [1.82, 2.24) is 5.32 Å². The molecule has 1 aromatic rings. The van der Waals surface area contributed by atoms with Gasteiger partial charge in [0.05, 0.1) is 6.10 Å². The maximum atomic E-state index is 11.5. The normalized spacial score (nSPS) is 24.9. The first-order chi connectivity index (χ1) is 9.08. The highest BCUT2D eigenvalue weighted by atomic mass is 16.4. The summed E-state index contributed by atoms with van der Waals surface area (Å²) in [4.78, 5) is 11.5. The zero-order valence-electron chi connectivity index (χ0n) is 11.2. The van der Waals surface area contributed by atoms with Crippen molar-refractivity contribution < 1.29 is 15.0 Å². The molecular formula is C15H21NO3. The topological polar surface area (TPSA) is 69.6 Å². The van der Waals surface area contributed by atoms with Gasteiger partial charge in [-0.25, -0.2) is 0 Å². The summed E-state index contributed by atoms with van der Waals surface area (Å²) < 4.78 is 0. The van der Waals surface area contributed by atoms with Gasteiger partial charge in [-0.05, 0) is 43.7 Å². The van der Waals surface area contributed by atoms with Crippen molar-refractivity contribution >= 4 is 5.97 Å². The first-order valence-electron chi connectivity index (χ1n) is 6.80. The van der Waals surface area contributed by atoms with E-state index in [1.807, 2.05) is 31.2 Å². The second-order valence-electron chi connectivity index (χ2n) is 5.30. The predicted molar refractivity (Wildman–Crippen MR) is 73.0 cm³/mol. The summed E-state index contributed by atoms with van der Waals surface area (Å²) in [6, 6.07) is 7.07. The molecule has 0 radical (unpaired) electrons. The second-order valence-corrected chi connectivity index (χ2v) is 5.30. The summed E-state index contributed by atoms with van der Waals surface area (Å²) in [5.41, 5.74) is 1.80. The molecule has 1 aromatic carbocycles. The van der Waals surface area contributed by atoms with E-state index in [1.54, 1.807) is 0 Å². The van der Waals surface area contributed by atoms with Gasteiger partial charge >= 0.3 is 5.97 Å². The molecule has 1 fully saturated rings. The van der Waals surface area contributed by atoms with Gasteiger partial charge in [-0.2, -0.15) is 0 Å². The van der Waals surface area contributed by atoms with E-state index in [0.29, 0.717) is 0 Å². The summed E-state index contributed by atoms with van der Waals surface area (Å²) in [7, 11) is 0. The maximum absolute atomic E-state index is 11.5. The van der Waals surface area contributed by atoms with E-state index in [9.17, 15) is 15.0 Å². The molecule has 1 aliphatic carbocycles. The van der Waals surface area contributed by atoms with E-state index < -0.39 is 12.0 Å². The van der Waals surface area contributed by atoms with Gasteiger partial charge in [0.15, 0.2) is 0 Å². The first-order valence-corrected chi connectivity index (χ1v) is 6.80. The van der Waals surface area contributed by atoms with Crippen LogP contribution in [-0.4, -0.2) is 28.3 Å². The Morgan fingerprint density at radius 2 is 1.89 bits per heavy atom. The van der Waals surface area contributed by atoms with Gasteiger partial charge in [0, 0.05) is 6.04 Å². The zero-order valence-corrected chi connectivity index (χ0v) is 11.2. The standard InChI is InChI=1S/C15H21NO3/c1-10-4-2-3-5-13(10)14(15(18)19)16-11-6-8-12(17)9-7-11/h2-5,11-12,14,16-17H,6-9H2,1H3,(H,18,19). The molecule has 1 saturated carbocycles. The lowest BCUT2D eigenvalue weighted by atomic mass is 9.91. The molecule has 4 nitrogen and oxygen atoms in total. The second kappa shape index (κ2) is 6.17. The molecule has 0 heterocycles. The maximum Gasteiger partial charge on any atom is 0.325 e. The fourth-order valence-electron chi connectivity index (χ4n) is 2.68. The lowest BCUT2D eigenvalue weighted by Crippen LogP contribution is -2.40. The number of hydrogen-bond donors (Lipinski definition) is 3. The summed E-state index contributed by atoms with van der Waals surface area (Å²) in [6.07, 6.45) is 2.93. The van der Waals surface area contributed by atoms with Crippen molar-refractivity contribution in [3.63, 3.8) is 0 Å². The zero-order chi connectivity index (χ0) is 13.8. The molecule has 4 heteroatoms. The van der Waals surface area contributed by atoms with Crippen molar-refractivity contribution in [2.45, 2.75) is 50.8 Å². The molecule has 1 aliphatic rings. The van der Waals surface area contributed by atoms with Crippen molar-refractivity contribution in [2.24, 2.45) is 0 Å². The first kappa shape index (κ1) is 14.0. The van der Waals surface area contributed by atoms with E-state index in [-0.39, 0.29) is 12.1 Å². The average Bonchev–Trinajstić information content (AvgIpc) is 2.39. The van der Waals surface area contributed by atoms with Gasteiger partial charge < -0.3 is 10.2 Å². The summed E-state index contributed by atoms with van der Waals surface area (Å²) in [6.45, 7) is 1.93. The molecule has 104 valence electrons. The SMILES string of the molecule is Cc1ccccc1C(NC1CCC(O)CC1)C(=O)O.